The number of aliphatic hydroxyl groups excluding tert-OH is 1. The van der Waals surface area contributed by atoms with Gasteiger partial charge in [-0.05, 0) is 51.8 Å². The molecule has 1 aliphatic rings. The van der Waals surface area contributed by atoms with Gasteiger partial charge in [-0.2, -0.15) is 0 Å². The molecule has 1 aromatic carbocycles. The van der Waals surface area contributed by atoms with E-state index in [1.165, 1.54) is 13.3 Å². The minimum absolute atomic E-state index is 0.00191. The van der Waals surface area contributed by atoms with Crippen LogP contribution in [0.15, 0.2) is 50.7 Å². The van der Waals surface area contributed by atoms with Gasteiger partial charge in [0, 0.05) is 24.3 Å². The number of hydrogen-bond donors (Lipinski definition) is 1. The largest absolute Gasteiger partial charge is 0.519 e. The number of carbonyl (C=O) groups is 2. The van der Waals surface area contributed by atoms with E-state index in [4.69, 9.17) is 48.3 Å². The maximum Gasteiger partial charge on any atom is 0.519 e. The second-order valence-electron chi connectivity index (χ2n) is 14.2. The van der Waals surface area contributed by atoms with Crippen LogP contribution in [0.1, 0.15) is 85.4 Å². The number of hydrogen-bond acceptors (Lipinski definition) is 15. The summed E-state index contributed by atoms with van der Waals surface area (Å²) in [4.78, 5) is 62.8. The number of fused-ring (bicyclic) bond motifs is 1. The van der Waals surface area contributed by atoms with Gasteiger partial charge in [-0.25, -0.2) is 19.6 Å². The van der Waals surface area contributed by atoms with Crippen LogP contribution >= 0.6 is 0 Å². The zero-order chi connectivity index (χ0) is 40.0. The molecule has 4 aromatic heterocycles. The highest BCUT2D eigenvalue weighted by atomic mass is 16.6. The summed E-state index contributed by atoms with van der Waals surface area (Å²) in [6.07, 6.45) is 5.14. The van der Waals surface area contributed by atoms with E-state index in [-0.39, 0.29) is 54.5 Å². The van der Waals surface area contributed by atoms with Crippen molar-refractivity contribution < 1.29 is 46.6 Å². The summed E-state index contributed by atoms with van der Waals surface area (Å²) in [6, 6.07) is 3.69. The molecule has 0 radical (unpaired) electrons. The topological polar surface area (TPSA) is 217 Å². The van der Waals surface area contributed by atoms with Gasteiger partial charge in [0.05, 0.1) is 19.3 Å². The number of carbonyl (C=O) groups excluding carboxylic acids is 2. The Hall–Kier alpha value is -5.99. The smallest absolute Gasteiger partial charge is 0.461 e. The molecule has 17 nitrogen and oxygen atoms in total. The molecule has 1 N–H and O–H groups in total. The lowest BCUT2D eigenvalue weighted by Gasteiger charge is -2.30. The van der Waals surface area contributed by atoms with E-state index in [1.807, 2.05) is 33.8 Å². The Labute approximate surface area is 313 Å². The number of imidazole rings is 1. The predicted octanol–water partition coefficient (Wildman–Crippen LogP) is 3.50. The van der Waals surface area contributed by atoms with Crippen LogP contribution in [0.5, 0.6) is 5.75 Å². The van der Waals surface area contributed by atoms with E-state index in [9.17, 15) is 24.3 Å². The fourth-order valence-electron chi connectivity index (χ4n) is 6.95. The summed E-state index contributed by atoms with van der Waals surface area (Å²) in [5.74, 6) is 1.41. The standard InChI is InChI=1S/C38H41N5O12/c1-10-38(17-49-30(46)14-37(8,9)31-20(3)11-19(2)12-25(31)52-24(7)44)28(45)13-29(55-38)43-18-40-32-33(39-15-26-21(4)50-35(47)53-26)42(23(6)41-34(32)43)16-27-22(5)51-36(48)54-27/h1,11-12,18,28-29,45H,13-17H2,2-9H3/t28-,29+,38+/m0/s1. The van der Waals surface area contributed by atoms with Crippen LogP contribution in [0, 0.1) is 47.0 Å². The molecule has 290 valence electrons. The van der Waals surface area contributed by atoms with Crippen molar-refractivity contribution in [3.8, 4) is 18.1 Å². The van der Waals surface area contributed by atoms with Gasteiger partial charge < -0.3 is 41.6 Å². The third-order valence-corrected chi connectivity index (χ3v) is 9.51. The van der Waals surface area contributed by atoms with E-state index < -0.39 is 53.5 Å². The normalized spacial score (nSPS) is 18.9. The van der Waals surface area contributed by atoms with Crippen LogP contribution in [0.4, 0.5) is 0 Å². The van der Waals surface area contributed by atoms with Gasteiger partial charge in [0.15, 0.2) is 33.8 Å². The molecule has 3 atom stereocenters. The Morgan fingerprint density at radius 2 is 1.75 bits per heavy atom. The Bertz CT molecular complexity index is 2540. The van der Waals surface area contributed by atoms with Gasteiger partial charge in [0.25, 0.3) is 0 Å². The highest BCUT2D eigenvalue weighted by Crippen LogP contribution is 2.40. The second-order valence-corrected chi connectivity index (χ2v) is 14.2. The third-order valence-electron chi connectivity index (χ3n) is 9.51. The van der Waals surface area contributed by atoms with Gasteiger partial charge in [-0.1, -0.05) is 25.8 Å². The average molecular weight is 760 g/mol. The van der Waals surface area contributed by atoms with Crippen molar-refractivity contribution in [2.45, 2.75) is 105 Å². The molecule has 0 bridgehead atoms. The molecule has 0 unspecified atom stereocenters. The van der Waals surface area contributed by atoms with Crippen molar-refractivity contribution >= 4 is 23.1 Å². The molecule has 5 aromatic rings. The zero-order valence-corrected chi connectivity index (χ0v) is 31.7. The van der Waals surface area contributed by atoms with Gasteiger partial charge in [-0.3, -0.25) is 19.1 Å². The number of rotatable bonds is 11. The first-order valence-electron chi connectivity index (χ1n) is 17.3. The molecule has 0 amide bonds. The summed E-state index contributed by atoms with van der Waals surface area (Å²) >= 11 is 0. The number of aryl methyl sites for hydroxylation is 5. The minimum Gasteiger partial charge on any atom is -0.461 e. The number of esters is 2. The third kappa shape index (κ3) is 7.68. The van der Waals surface area contributed by atoms with E-state index in [0.717, 1.165) is 11.1 Å². The summed E-state index contributed by atoms with van der Waals surface area (Å²) in [5, 5.41) is 11.3. The molecular formula is C38H41N5O12. The fourth-order valence-corrected chi connectivity index (χ4v) is 6.95. The van der Waals surface area contributed by atoms with E-state index in [2.05, 4.69) is 10.9 Å². The summed E-state index contributed by atoms with van der Waals surface area (Å²) in [7, 11) is 0. The van der Waals surface area contributed by atoms with Crippen LogP contribution < -0.4 is 21.9 Å². The maximum absolute atomic E-state index is 13.4. The second kappa shape index (κ2) is 14.7. The maximum atomic E-state index is 13.4. The molecule has 1 saturated heterocycles. The highest BCUT2D eigenvalue weighted by Gasteiger charge is 2.49. The SMILES string of the molecule is C#C[C@]1(COC(=O)CC(C)(C)c2c(C)cc(C)cc2OC(C)=O)O[C@@H](n2cnc3c(=NCc4oc(=O)oc4C)n(Cc4oc(=O)oc4C)c(C)nc32)C[C@@H]1O. The molecular weight excluding hydrogens is 718 g/mol. The van der Waals surface area contributed by atoms with Gasteiger partial charge in [0.2, 0.25) is 0 Å². The van der Waals surface area contributed by atoms with Crippen molar-refractivity contribution in [2.24, 2.45) is 4.99 Å². The monoisotopic (exact) mass is 759 g/mol. The van der Waals surface area contributed by atoms with E-state index >= 15 is 0 Å². The molecule has 1 fully saturated rings. The molecule has 0 saturated carbocycles. The van der Waals surface area contributed by atoms with Crippen LogP contribution in [-0.2, 0) is 37.6 Å². The van der Waals surface area contributed by atoms with E-state index in [0.29, 0.717) is 28.3 Å². The first-order chi connectivity index (χ1) is 25.9. The highest BCUT2D eigenvalue weighted by molar-refractivity contribution is 5.74. The van der Waals surface area contributed by atoms with Crippen molar-refractivity contribution in [1.82, 2.24) is 19.1 Å². The van der Waals surface area contributed by atoms with Crippen LogP contribution in [0.25, 0.3) is 11.2 Å². The zero-order valence-electron chi connectivity index (χ0n) is 31.7. The van der Waals surface area contributed by atoms with Crippen LogP contribution in [0.3, 0.4) is 0 Å². The first-order valence-corrected chi connectivity index (χ1v) is 17.3. The average Bonchev–Trinajstić information content (AvgIpc) is 3.82. The number of ether oxygens (including phenoxy) is 3. The number of terminal acetylenes is 1. The fraction of sp³-hybridized carbons (Fsp3) is 0.447. The van der Waals surface area contributed by atoms with Crippen molar-refractivity contribution in [1.29, 1.82) is 0 Å². The minimum atomic E-state index is -1.71. The van der Waals surface area contributed by atoms with Gasteiger partial charge in [0.1, 0.15) is 48.6 Å². The number of nitrogens with zero attached hydrogens (tertiary/aromatic N) is 5. The lowest BCUT2D eigenvalue weighted by Crippen LogP contribution is -2.43. The Balaban J connectivity index is 1.28. The molecule has 17 heteroatoms. The Kier molecular flexibility index (Phi) is 10.3. The molecule has 0 aliphatic carbocycles. The molecule has 5 heterocycles. The molecule has 1 aliphatic heterocycles. The molecule has 0 spiro atoms. The van der Waals surface area contributed by atoms with Crippen molar-refractivity contribution in [2.75, 3.05) is 6.61 Å². The Morgan fingerprint density at radius 1 is 1.07 bits per heavy atom. The van der Waals surface area contributed by atoms with Crippen LogP contribution in [-0.4, -0.2) is 54.5 Å². The molecule has 6 rings (SSSR count). The summed E-state index contributed by atoms with van der Waals surface area (Å²) < 4.78 is 41.1. The van der Waals surface area contributed by atoms with E-state index in [1.54, 1.807) is 36.0 Å². The number of aliphatic hydroxyl groups is 1. The first kappa shape index (κ1) is 38.7. The van der Waals surface area contributed by atoms with Gasteiger partial charge in [-0.15, -0.1) is 6.42 Å². The summed E-state index contributed by atoms with van der Waals surface area (Å²) in [6.45, 7) is 13.1. The number of benzene rings is 1. The Morgan fingerprint density at radius 3 is 2.36 bits per heavy atom. The van der Waals surface area contributed by atoms with Crippen LogP contribution in [0.2, 0.25) is 0 Å². The van der Waals surface area contributed by atoms with Gasteiger partial charge >= 0.3 is 23.6 Å². The predicted molar refractivity (Wildman–Crippen MR) is 191 cm³/mol. The number of aromatic nitrogens is 4. The lowest BCUT2D eigenvalue weighted by molar-refractivity contribution is -0.157. The lowest BCUT2D eigenvalue weighted by atomic mass is 9.78. The summed E-state index contributed by atoms with van der Waals surface area (Å²) in [5.41, 5.74) is 0.780. The molecule has 55 heavy (non-hydrogen) atoms. The van der Waals surface area contributed by atoms with Crippen molar-refractivity contribution in [3.05, 3.63) is 90.7 Å². The quantitative estimate of drug-likeness (QED) is 0.116. The van der Waals surface area contributed by atoms with Crippen molar-refractivity contribution in [3.63, 3.8) is 0 Å².